The van der Waals surface area contributed by atoms with Crippen molar-refractivity contribution in [1.29, 1.82) is 0 Å². The lowest BCUT2D eigenvalue weighted by atomic mass is 9.97. The molecular weight excluding hydrogens is 598 g/mol. The second-order valence-corrected chi connectivity index (χ2v) is 11.4. The van der Waals surface area contributed by atoms with Gasteiger partial charge in [0.2, 0.25) is 0 Å². The third-order valence-electron chi connectivity index (χ3n) is 7.80. The predicted octanol–water partition coefficient (Wildman–Crippen LogP) is 12.2. The highest BCUT2D eigenvalue weighted by Gasteiger charge is 2.15. The van der Waals surface area contributed by atoms with E-state index in [1.165, 1.54) is 6.07 Å². The van der Waals surface area contributed by atoms with Gasteiger partial charge in [-0.25, -0.2) is 0 Å². The number of fused-ring (bicyclic) bond motifs is 3. The van der Waals surface area contributed by atoms with Crippen LogP contribution in [0.4, 0.5) is 0 Å². The molecule has 0 atom stereocenters. The zero-order valence-electron chi connectivity index (χ0n) is 33.2. The van der Waals surface area contributed by atoms with Crippen LogP contribution in [0.1, 0.15) is 13.7 Å². The van der Waals surface area contributed by atoms with E-state index in [4.69, 9.17) is 13.7 Å². The van der Waals surface area contributed by atoms with Crippen LogP contribution in [0.25, 0.3) is 72.0 Å². The maximum absolute atomic E-state index is 8.80. The summed E-state index contributed by atoms with van der Waals surface area (Å²) < 4.78 is 88.1. The first-order valence-electron chi connectivity index (χ1n) is 19.0. The summed E-state index contributed by atoms with van der Waals surface area (Å²) in [5, 5.41) is 1.89. The van der Waals surface area contributed by atoms with E-state index >= 15 is 0 Å². The summed E-state index contributed by atoms with van der Waals surface area (Å²) in [4.78, 5) is 0. The Labute approximate surface area is 279 Å². The zero-order chi connectivity index (χ0) is 38.2. The molecule has 0 radical (unpaired) electrons. The van der Waals surface area contributed by atoms with Gasteiger partial charge in [0.25, 0.3) is 0 Å². The van der Waals surface area contributed by atoms with Crippen LogP contribution in [-0.4, -0.2) is 4.57 Å². The van der Waals surface area contributed by atoms with Gasteiger partial charge in [0.15, 0.2) is 0 Å². The Morgan fingerprint density at radius 3 is 1.61 bits per heavy atom. The number of aromatic nitrogens is 1. The first-order chi connectivity index (χ1) is 25.8. The van der Waals surface area contributed by atoms with Crippen LogP contribution in [0.15, 0.2) is 174 Å². The smallest absolute Gasteiger partial charge is 0.0629 e. The van der Waals surface area contributed by atoms with E-state index in [0.717, 1.165) is 48.5 Å². The summed E-state index contributed by atoms with van der Waals surface area (Å²) in [5.41, 5.74) is 6.56. The molecule has 0 amide bonds. The van der Waals surface area contributed by atoms with Gasteiger partial charge < -0.3 is 4.57 Å². The molecule has 0 N–H and O–H groups in total. The molecule has 0 unspecified atom stereocenters. The van der Waals surface area contributed by atoms with E-state index in [2.05, 4.69) is 70.5 Å². The molecule has 0 aliphatic rings. The minimum atomic E-state index is -0.532. The van der Waals surface area contributed by atoms with Gasteiger partial charge in [-0.15, -0.1) is 0 Å². The molecule has 7 aromatic carbocycles. The van der Waals surface area contributed by atoms with E-state index in [0.29, 0.717) is 5.69 Å². The number of nitrogens with zero attached hydrogens (tertiary/aromatic N) is 1. The molecule has 0 fully saturated rings. The van der Waals surface area contributed by atoms with Crippen LogP contribution in [0.5, 0.6) is 0 Å². The minimum absolute atomic E-state index is 0.0662. The Morgan fingerprint density at radius 1 is 0.409 bits per heavy atom. The minimum Gasteiger partial charge on any atom is -0.309 e. The summed E-state index contributed by atoms with van der Waals surface area (Å²) in [7, 11) is 0. The van der Waals surface area contributed by atoms with Gasteiger partial charge in [-0.1, -0.05) is 143 Å². The molecule has 0 aliphatic carbocycles. The fraction of sp³-hybridized carbons (Fsp3) is 0. The second kappa shape index (κ2) is 11.1. The van der Waals surface area contributed by atoms with E-state index in [1.807, 2.05) is 41.0 Å². The fourth-order valence-corrected chi connectivity index (χ4v) is 6.17. The Hall–Kier alpha value is -5.18. The van der Waals surface area contributed by atoms with Gasteiger partial charge in [-0.05, 0) is 87.0 Å². The summed E-state index contributed by atoms with van der Waals surface area (Å²) in [5.74, 6) is 0. The van der Waals surface area contributed by atoms with Gasteiger partial charge in [-0.3, -0.25) is 0 Å². The zero-order valence-corrected chi connectivity index (χ0v) is 24.8. The standard InChI is InChI=1S/C42H28BrN/c43-37-15-9-14-33(25-37)31-18-20-32(21-19-31)34-22-23-40-39-16-7-8-17-41(39)44(42(40)28-34)38-26-35(29-10-3-1-4-11-29)24-36(27-38)30-12-5-2-6-13-30/h1-28H/i1D,2D,3D,4D,5D,6D,10D,11D,12D,13D. The number of halogens is 1. The number of hydrogen-bond donors (Lipinski definition) is 0. The van der Waals surface area contributed by atoms with E-state index < -0.39 is 60.4 Å². The first-order valence-corrected chi connectivity index (χ1v) is 14.8. The molecule has 0 bridgehead atoms. The number of hydrogen-bond acceptors (Lipinski definition) is 0. The molecule has 0 saturated heterocycles. The van der Waals surface area contributed by atoms with Crippen molar-refractivity contribution in [1.82, 2.24) is 4.57 Å². The van der Waals surface area contributed by atoms with Crippen LogP contribution >= 0.6 is 15.9 Å². The van der Waals surface area contributed by atoms with Crippen molar-refractivity contribution in [3.8, 4) is 50.2 Å². The third-order valence-corrected chi connectivity index (χ3v) is 8.30. The van der Waals surface area contributed by atoms with E-state index in [1.54, 1.807) is 12.1 Å². The molecule has 0 saturated carbocycles. The molecule has 0 aliphatic heterocycles. The van der Waals surface area contributed by atoms with Crippen LogP contribution in [-0.2, 0) is 0 Å². The Balaban J connectivity index is 1.41. The maximum Gasteiger partial charge on any atom is 0.0629 e. The normalized spacial score (nSPS) is 14.5. The maximum atomic E-state index is 8.80. The molecular formula is C42H28BrN. The number of rotatable bonds is 5. The molecule has 208 valence electrons. The lowest BCUT2D eigenvalue weighted by Crippen LogP contribution is -1.96. The lowest BCUT2D eigenvalue weighted by Gasteiger charge is -2.14. The summed E-state index contributed by atoms with van der Waals surface area (Å²) in [6, 6.07) is 30.6. The van der Waals surface area contributed by atoms with Crippen molar-refractivity contribution in [3.63, 3.8) is 0 Å². The topological polar surface area (TPSA) is 4.93 Å². The van der Waals surface area contributed by atoms with Gasteiger partial charge in [0.05, 0.1) is 24.7 Å². The molecule has 8 aromatic rings. The van der Waals surface area contributed by atoms with Crippen molar-refractivity contribution in [2.75, 3.05) is 0 Å². The molecule has 44 heavy (non-hydrogen) atoms. The lowest BCUT2D eigenvalue weighted by molar-refractivity contribution is 1.18. The molecule has 8 rings (SSSR count). The largest absolute Gasteiger partial charge is 0.309 e. The van der Waals surface area contributed by atoms with Crippen LogP contribution in [0.2, 0.25) is 0 Å². The molecule has 1 heterocycles. The first kappa shape index (κ1) is 17.8. The summed E-state index contributed by atoms with van der Waals surface area (Å²) in [6.07, 6.45) is 0. The SMILES string of the molecule is [2H]c1c([2H])c([2H])c(-c2cc(-c3c([2H])c([2H])c([2H])c([2H])c3[2H])cc(-n3c4ccccc4c4ccc(-c5ccc(-c6cccc(Br)c6)cc5)cc43)c2)c([2H])c1[2H]. The quantitative estimate of drug-likeness (QED) is 0.177. The van der Waals surface area contributed by atoms with Crippen LogP contribution < -0.4 is 0 Å². The average molecular weight is 637 g/mol. The van der Waals surface area contributed by atoms with Crippen molar-refractivity contribution < 1.29 is 13.7 Å². The molecule has 0 spiro atoms. The van der Waals surface area contributed by atoms with Crippen LogP contribution in [0.3, 0.4) is 0 Å². The van der Waals surface area contributed by atoms with Gasteiger partial charge >= 0.3 is 0 Å². The van der Waals surface area contributed by atoms with Crippen molar-refractivity contribution in [3.05, 3.63) is 174 Å². The van der Waals surface area contributed by atoms with Crippen LogP contribution in [0, 0.1) is 0 Å². The Bertz CT molecular complexity index is 2700. The monoisotopic (exact) mass is 635 g/mol. The number of benzene rings is 7. The highest BCUT2D eigenvalue weighted by Crippen LogP contribution is 2.38. The van der Waals surface area contributed by atoms with Crippen molar-refractivity contribution in [2.45, 2.75) is 0 Å². The number of para-hydroxylation sites is 1. The van der Waals surface area contributed by atoms with E-state index in [-0.39, 0.29) is 22.3 Å². The Morgan fingerprint density at radius 2 is 0.977 bits per heavy atom. The van der Waals surface area contributed by atoms with Gasteiger partial charge in [0.1, 0.15) is 0 Å². The molecule has 1 aromatic heterocycles. The predicted molar refractivity (Wildman–Crippen MR) is 190 cm³/mol. The van der Waals surface area contributed by atoms with Gasteiger partial charge in [0, 0.05) is 20.9 Å². The summed E-state index contributed by atoms with van der Waals surface area (Å²) in [6.45, 7) is 0. The van der Waals surface area contributed by atoms with E-state index in [9.17, 15) is 0 Å². The summed E-state index contributed by atoms with van der Waals surface area (Å²) >= 11 is 3.55. The third kappa shape index (κ3) is 4.84. The molecule has 2 heteroatoms. The molecule has 1 nitrogen and oxygen atoms in total. The fourth-order valence-electron chi connectivity index (χ4n) is 5.77. The average Bonchev–Trinajstić information content (AvgIpc) is 3.51. The van der Waals surface area contributed by atoms with Gasteiger partial charge in [-0.2, -0.15) is 0 Å². The Kier molecular flexibility index (Phi) is 4.51. The van der Waals surface area contributed by atoms with Crippen molar-refractivity contribution in [2.24, 2.45) is 0 Å². The van der Waals surface area contributed by atoms with Crippen molar-refractivity contribution >= 4 is 37.7 Å². The highest BCUT2D eigenvalue weighted by molar-refractivity contribution is 9.10. The second-order valence-electron chi connectivity index (χ2n) is 10.4. The highest BCUT2D eigenvalue weighted by atomic mass is 79.9.